The number of rotatable bonds is 1. The van der Waals surface area contributed by atoms with Crippen molar-refractivity contribution in [1.29, 1.82) is 0 Å². The van der Waals surface area contributed by atoms with Gasteiger partial charge in [-0.05, 0) is 28.8 Å². The Balaban J connectivity index is 2.11. The van der Waals surface area contributed by atoms with Crippen LogP contribution >= 0.6 is 0 Å². The molecule has 3 heteroatoms. The highest BCUT2D eigenvalue weighted by Gasteiger charge is 2.22. The quantitative estimate of drug-likeness (QED) is 0.831. The van der Waals surface area contributed by atoms with Gasteiger partial charge in [0, 0.05) is 6.42 Å². The van der Waals surface area contributed by atoms with E-state index in [2.05, 4.69) is 36.5 Å². The third-order valence-corrected chi connectivity index (χ3v) is 3.48. The molecule has 2 aromatic rings. The normalized spacial score (nSPS) is 19.4. The summed E-state index contributed by atoms with van der Waals surface area (Å²) >= 11 is 0. The van der Waals surface area contributed by atoms with Gasteiger partial charge in [0.25, 0.3) is 0 Å². The monoisotopic (exact) mass is 241 g/mol. The second-order valence-electron chi connectivity index (χ2n) is 4.64. The lowest BCUT2D eigenvalue weighted by Gasteiger charge is -2.25. The van der Waals surface area contributed by atoms with E-state index in [4.69, 9.17) is 4.74 Å². The van der Waals surface area contributed by atoms with Crippen molar-refractivity contribution in [2.75, 3.05) is 6.61 Å². The maximum Gasteiger partial charge on any atom is 0.407 e. The van der Waals surface area contributed by atoms with Crippen LogP contribution in [0, 0.1) is 6.92 Å². The molecule has 2 aromatic carbocycles. The Morgan fingerprint density at radius 3 is 2.72 bits per heavy atom. The lowest BCUT2D eigenvalue weighted by atomic mass is 9.94. The summed E-state index contributed by atoms with van der Waals surface area (Å²) in [7, 11) is 0. The van der Waals surface area contributed by atoms with Gasteiger partial charge in [0.1, 0.15) is 0 Å². The van der Waals surface area contributed by atoms with Gasteiger partial charge in [-0.1, -0.05) is 36.4 Å². The van der Waals surface area contributed by atoms with E-state index in [9.17, 15) is 4.79 Å². The van der Waals surface area contributed by atoms with Crippen LogP contribution in [-0.2, 0) is 4.74 Å². The molecule has 1 aliphatic heterocycles. The maximum atomic E-state index is 11.3. The van der Waals surface area contributed by atoms with E-state index in [1.165, 1.54) is 21.9 Å². The highest BCUT2D eigenvalue weighted by molar-refractivity contribution is 5.89. The molecule has 1 atom stereocenters. The van der Waals surface area contributed by atoms with Crippen molar-refractivity contribution in [3.8, 4) is 0 Å². The molecule has 0 saturated carbocycles. The van der Waals surface area contributed by atoms with Gasteiger partial charge in [-0.2, -0.15) is 0 Å². The van der Waals surface area contributed by atoms with Crippen molar-refractivity contribution >= 4 is 16.9 Å². The van der Waals surface area contributed by atoms with E-state index in [0.717, 1.165) is 6.42 Å². The molecule has 0 bridgehead atoms. The van der Waals surface area contributed by atoms with E-state index in [-0.39, 0.29) is 12.1 Å². The molecule has 0 aromatic heterocycles. The first-order valence-electron chi connectivity index (χ1n) is 6.17. The largest absolute Gasteiger partial charge is 0.449 e. The van der Waals surface area contributed by atoms with E-state index in [0.29, 0.717) is 6.61 Å². The number of amides is 1. The van der Waals surface area contributed by atoms with E-state index in [1.807, 2.05) is 12.1 Å². The number of ether oxygens (including phenoxy) is 1. The Morgan fingerprint density at radius 1 is 1.17 bits per heavy atom. The molecule has 1 fully saturated rings. The molecule has 0 unspecified atom stereocenters. The van der Waals surface area contributed by atoms with Gasteiger partial charge < -0.3 is 10.1 Å². The summed E-state index contributed by atoms with van der Waals surface area (Å²) < 4.78 is 4.92. The standard InChI is InChI=1S/C15H15NO2/c1-10-6-7-13(12-5-3-2-4-11(10)12)14-8-9-18-15(17)16-14/h2-7,14H,8-9H2,1H3,(H,16,17)/t14-/m0/s1. The average Bonchev–Trinajstić information content (AvgIpc) is 2.39. The van der Waals surface area contributed by atoms with Gasteiger partial charge in [0.05, 0.1) is 12.6 Å². The van der Waals surface area contributed by atoms with Crippen LogP contribution in [0.2, 0.25) is 0 Å². The Kier molecular flexibility index (Phi) is 2.67. The number of carbonyl (C=O) groups excluding carboxylic acids is 1. The van der Waals surface area contributed by atoms with Gasteiger partial charge in [-0.15, -0.1) is 0 Å². The average molecular weight is 241 g/mol. The fourth-order valence-electron chi connectivity index (χ4n) is 2.54. The molecule has 1 saturated heterocycles. The summed E-state index contributed by atoms with van der Waals surface area (Å²) in [6, 6.07) is 12.6. The summed E-state index contributed by atoms with van der Waals surface area (Å²) in [5.41, 5.74) is 2.43. The SMILES string of the molecule is Cc1ccc([C@@H]2CCOC(=O)N2)c2ccccc12. The molecular weight excluding hydrogens is 226 g/mol. The lowest BCUT2D eigenvalue weighted by Crippen LogP contribution is -2.35. The summed E-state index contributed by atoms with van der Waals surface area (Å²) in [5.74, 6) is 0. The molecular formula is C15H15NO2. The first-order valence-corrected chi connectivity index (χ1v) is 6.17. The molecule has 1 aliphatic rings. The maximum absolute atomic E-state index is 11.3. The van der Waals surface area contributed by atoms with Gasteiger partial charge in [-0.25, -0.2) is 4.79 Å². The van der Waals surface area contributed by atoms with Crippen LogP contribution in [0.4, 0.5) is 4.79 Å². The van der Waals surface area contributed by atoms with Crippen molar-refractivity contribution < 1.29 is 9.53 Å². The summed E-state index contributed by atoms with van der Waals surface area (Å²) in [5, 5.41) is 5.34. The zero-order valence-electron chi connectivity index (χ0n) is 10.3. The lowest BCUT2D eigenvalue weighted by molar-refractivity contribution is 0.116. The van der Waals surface area contributed by atoms with Crippen LogP contribution in [-0.4, -0.2) is 12.7 Å². The van der Waals surface area contributed by atoms with Crippen LogP contribution in [0.5, 0.6) is 0 Å². The highest BCUT2D eigenvalue weighted by Crippen LogP contribution is 2.29. The Morgan fingerprint density at radius 2 is 1.94 bits per heavy atom. The first kappa shape index (κ1) is 11.1. The summed E-state index contributed by atoms with van der Waals surface area (Å²) in [6.45, 7) is 2.59. The number of hydrogen-bond acceptors (Lipinski definition) is 2. The number of carbonyl (C=O) groups is 1. The van der Waals surface area contributed by atoms with Gasteiger partial charge in [0.2, 0.25) is 0 Å². The zero-order valence-corrected chi connectivity index (χ0v) is 10.3. The van der Waals surface area contributed by atoms with Crippen molar-refractivity contribution in [2.24, 2.45) is 0 Å². The van der Waals surface area contributed by atoms with Gasteiger partial charge >= 0.3 is 6.09 Å². The summed E-state index contributed by atoms with van der Waals surface area (Å²) in [6.07, 6.45) is 0.495. The molecule has 18 heavy (non-hydrogen) atoms. The number of aryl methyl sites for hydroxylation is 1. The van der Waals surface area contributed by atoms with Crippen molar-refractivity contribution in [2.45, 2.75) is 19.4 Å². The number of hydrogen-bond donors (Lipinski definition) is 1. The van der Waals surface area contributed by atoms with E-state index in [1.54, 1.807) is 0 Å². The fraction of sp³-hybridized carbons (Fsp3) is 0.267. The van der Waals surface area contributed by atoms with Crippen molar-refractivity contribution in [3.05, 3.63) is 47.5 Å². The van der Waals surface area contributed by atoms with Gasteiger partial charge in [-0.3, -0.25) is 0 Å². The molecule has 0 spiro atoms. The number of benzene rings is 2. The summed E-state index contributed by atoms with van der Waals surface area (Å²) in [4.78, 5) is 11.3. The van der Waals surface area contributed by atoms with E-state index >= 15 is 0 Å². The minimum Gasteiger partial charge on any atom is -0.449 e. The third kappa shape index (κ3) is 1.82. The molecule has 0 aliphatic carbocycles. The molecule has 0 radical (unpaired) electrons. The van der Waals surface area contributed by atoms with Crippen LogP contribution in [0.3, 0.4) is 0 Å². The predicted molar refractivity (Wildman–Crippen MR) is 70.5 cm³/mol. The molecule has 1 N–H and O–H groups in total. The molecule has 3 rings (SSSR count). The van der Waals surface area contributed by atoms with E-state index < -0.39 is 0 Å². The molecule has 1 heterocycles. The smallest absolute Gasteiger partial charge is 0.407 e. The topological polar surface area (TPSA) is 38.3 Å². The van der Waals surface area contributed by atoms with Crippen LogP contribution in [0.25, 0.3) is 10.8 Å². The number of cyclic esters (lactones) is 1. The van der Waals surface area contributed by atoms with Crippen LogP contribution in [0.1, 0.15) is 23.6 Å². The fourth-order valence-corrected chi connectivity index (χ4v) is 2.54. The number of nitrogens with one attached hydrogen (secondary N) is 1. The van der Waals surface area contributed by atoms with Crippen molar-refractivity contribution in [3.63, 3.8) is 0 Å². The number of alkyl carbamates (subject to hydrolysis) is 1. The van der Waals surface area contributed by atoms with Crippen LogP contribution in [0.15, 0.2) is 36.4 Å². The second-order valence-corrected chi connectivity index (χ2v) is 4.64. The molecule has 1 amide bonds. The van der Waals surface area contributed by atoms with Crippen molar-refractivity contribution in [1.82, 2.24) is 5.32 Å². The minimum absolute atomic E-state index is 0.0525. The minimum atomic E-state index is -0.323. The Bertz CT molecular complexity index is 606. The first-order chi connectivity index (χ1) is 8.75. The second kappa shape index (κ2) is 4.33. The third-order valence-electron chi connectivity index (χ3n) is 3.48. The molecule has 92 valence electrons. The molecule has 3 nitrogen and oxygen atoms in total. The van der Waals surface area contributed by atoms with Gasteiger partial charge in [0.15, 0.2) is 0 Å². The predicted octanol–water partition coefficient (Wildman–Crippen LogP) is 3.32. The van der Waals surface area contributed by atoms with Crippen LogP contribution < -0.4 is 5.32 Å². The number of fused-ring (bicyclic) bond motifs is 1. The zero-order chi connectivity index (χ0) is 12.5. The Labute approximate surface area is 106 Å². The Hall–Kier alpha value is -2.03. The highest BCUT2D eigenvalue weighted by atomic mass is 16.5.